The summed E-state index contributed by atoms with van der Waals surface area (Å²) in [6.45, 7) is 0. The Morgan fingerprint density at radius 2 is 0.530 bits per heavy atom. The molecule has 0 spiro atoms. The number of hydrogen-bond acceptors (Lipinski definition) is 6. The van der Waals surface area contributed by atoms with Gasteiger partial charge < -0.3 is 28.0 Å². The first-order valence-corrected chi connectivity index (χ1v) is 43.1. The van der Waals surface area contributed by atoms with Crippen molar-refractivity contribution in [3.8, 4) is 77.9 Å². The first-order chi connectivity index (χ1) is 74.5. The van der Waals surface area contributed by atoms with Gasteiger partial charge in [0.15, 0.2) is 11.2 Å². The van der Waals surface area contributed by atoms with Crippen molar-refractivity contribution in [2.45, 2.75) is 0 Å². The summed E-state index contributed by atoms with van der Waals surface area (Å²) in [6.07, 6.45) is 0. The first kappa shape index (κ1) is 58.6. The van der Waals surface area contributed by atoms with Gasteiger partial charge in [-0.15, -0.1) is 0 Å². The molecule has 22 aromatic carbocycles. The third-order valence-electron chi connectivity index (χ3n) is 23.9. The van der Waals surface area contributed by atoms with E-state index >= 15 is 0 Å². The highest BCUT2D eigenvalue weighted by Crippen LogP contribution is 2.50. The molecule has 132 heavy (non-hydrogen) atoms. The van der Waals surface area contributed by atoms with Crippen LogP contribution in [-0.4, -0.2) is 0 Å². The third kappa shape index (κ3) is 15.5. The van der Waals surface area contributed by atoms with Crippen LogP contribution < -0.4 is 14.7 Å². The Balaban J connectivity index is 0.000000126. The smallest absolute Gasteiger partial charge is 0.159 e. The maximum absolute atomic E-state index is 9.12. The Kier molecular flexibility index (Phi) is 15.5. The summed E-state index contributed by atoms with van der Waals surface area (Å²) in [6, 6.07) is 116. The number of rotatable bonds is 16. The van der Waals surface area contributed by atoms with Gasteiger partial charge in [0.2, 0.25) is 0 Å². The molecule has 0 amide bonds. The van der Waals surface area contributed by atoms with Crippen molar-refractivity contribution in [3.05, 3.63) is 515 Å². The lowest BCUT2D eigenvalue weighted by Crippen LogP contribution is -2.10. The summed E-state index contributed by atoms with van der Waals surface area (Å²) in [5, 5.41) is 8.93. The van der Waals surface area contributed by atoms with Crippen LogP contribution >= 0.6 is 0 Å². The molecule has 0 saturated heterocycles. The van der Waals surface area contributed by atoms with Gasteiger partial charge in [0.05, 0.1) is 47.2 Å². The van der Waals surface area contributed by atoms with Gasteiger partial charge in [-0.25, -0.2) is 0 Å². The molecule has 0 saturated carbocycles. The molecular formula is C126H85N3O3. The van der Waals surface area contributed by atoms with E-state index in [9.17, 15) is 0 Å². The van der Waals surface area contributed by atoms with Crippen molar-refractivity contribution in [2.75, 3.05) is 14.7 Å². The van der Waals surface area contributed by atoms with Gasteiger partial charge in [-0.1, -0.05) is 382 Å². The molecule has 3 aromatic heterocycles. The molecular weight excluding hydrogens is 1600 g/mol. The average molecular weight is 1710 g/mol. The normalized spacial score (nSPS) is 13.7. The van der Waals surface area contributed by atoms with Crippen LogP contribution in [0.3, 0.4) is 0 Å². The van der Waals surface area contributed by atoms with Crippen molar-refractivity contribution in [1.82, 2.24) is 0 Å². The van der Waals surface area contributed by atoms with Gasteiger partial charge in [0.1, 0.15) is 22.3 Å². The summed E-state index contributed by atoms with van der Waals surface area (Å²) < 4.78 is 207. The van der Waals surface area contributed by atoms with Gasteiger partial charge in [0.25, 0.3) is 0 Å². The van der Waals surface area contributed by atoms with Gasteiger partial charge >= 0.3 is 0 Å². The SMILES string of the molecule is [2H]c1c([2H])c([2H])c(-c2ccc3ccc(N(c4ccc5ccc(-c6c([2H])c([2H])c([2H])c([2H])c6[2H])cc5c4)c4cccc5c4oc4ccccc45)cc3c2)c([2H])c1[2H].[2H]c1c([2H])c([2H])c(N(c2ccc(-c3ccccc3)cc2)c2cc(-c3ccccc3)cc3c2oc2ccc(-c4ccccc4)cc23)c([2H])c1[2H].[2H]c1c([2H])c([2H])c2c(N(c3ccc(-c4ccccc4)cc3)c3ccc(-c4cccc5c4oc4ccccc45)cc3)c([2H])c([2H])c([2H])c2c1[2H]. The standard InChI is InChI=1S/C44H29NO.C42H29NO.C40H27NO/c1-3-10-30(11-4-1)34-20-18-32-22-24-38(28-36(32)26-34)45(42-16-9-15-41-40-14-7-8-17-43(40)46-44(41)42)39-25-23-33-19-21-35(27-37(33)29-39)31-12-5-2-6-13-31;1-5-13-30(14-6-1)33-21-24-37(25-22-33)43(36-19-11-4-12-20-36)40-29-35(32-17-9-3-10-18-32)28-39-38-27-34(31-15-7-2-8-16-31)23-26-41(38)44-42(39)40;1-2-10-28(11-3-1)29-20-24-32(25-21-29)41(38-18-8-13-30-12-4-5-14-34(30)38)33-26-22-31(23-27-33)35-16-9-17-37-36-15-6-7-19-39(36)42-40(35)37/h1-29H;1-29H;1-27H/i1D,2D,3D,4D,5D,6D,10D,11D,12D,13D;4D,11D,12D,19D,20D;4D,5D,8D,12D,13D,14D,18D. The second kappa shape index (κ2) is 35.0. The molecule has 6 nitrogen and oxygen atoms in total. The molecule has 0 atom stereocenters. The highest BCUT2D eigenvalue weighted by Gasteiger charge is 2.26. The molecule has 6 heteroatoms. The Hall–Kier alpha value is -17.6. The molecule has 0 bridgehead atoms. The van der Waals surface area contributed by atoms with Crippen LogP contribution in [0.25, 0.3) is 176 Å². The zero-order valence-corrected chi connectivity index (χ0v) is 70.4. The largest absolute Gasteiger partial charge is 0.455 e. The van der Waals surface area contributed by atoms with E-state index in [4.69, 9.17) is 43.4 Å². The Morgan fingerprint density at radius 1 is 0.159 bits per heavy atom. The molecule has 3 heterocycles. The molecule has 0 aliphatic carbocycles. The molecule has 0 aliphatic heterocycles. The van der Waals surface area contributed by atoms with E-state index in [1.54, 1.807) is 21.9 Å². The zero-order chi connectivity index (χ0) is 107. The molecule has 0 aliphatic rings. The van der Waals surface area contributed by atoms with Gasteiger partial charge in [-0.3, -0.25) is 0 Å². The fourth-order valence-electron chi connectivity index (χ4n) is 17.6. The fraction of sp³-hybridized carbons (Fsp3) is 0. The fourth-order valence-corrected chi connectivity index (χ4v) is 17.6. The molecule has 0 fully saturated rings. The first-order valence-electron chi connectivity index (χ1n) is 54.1. The van der Waals surface area contributed by atoms with Crippen molar-refractivity contribution in [1.29, 1.82) is 0 Å². The molecule has 0 N–H and O–H groups in total. The quantitative estimate of drug-likeness (QED) is 0.0961. The monoisotopic (exact) mass is 1710 g/mol. The van der Waals surface area contributed by atoms with Crippen LogP contribution in [0.15, 0.2) is 528 Å². The van der Waals surface area contributed by atoms with Crippen molar-refractivity contribution in [2.24, 2.45) is 0 Å². The predicted molar refractivity (Wildman–Crippen MR) is 556 cm³/mol. The average Bonchev–Trinajstić information content (AvgIpc) is 1.26. The maximum Gasteiger partial charge on any atom is 0.159 e. The van der Waals surface area contributed by atoms with E-state index in [0.717, 1.165) is 143 Å². The van der Waals surface area contributed by atoms with E-state index in [0.29, 0.717) is 50.6 Å². The Labute approximate surface area is 796 Å². The van der Waals surface area contributed by atoms with E-state index in [-0.39, 0.29) is 81.6 Å². The lowest BCUT2D eigenvalue weighted by atomic mass is 9.98. The van der Waals surface area contributed by atoms with E-state index < -0.39 is 84.6 Å². The van der Waals surface area contributed by atoms with Gasteiger partial charge in [-0.2, -0.15) is 0 Å². The number of hydrogen-bond donors (Lipinski definition) is 0. The lowest BCUT2D eigenvalue weighted by molar-refractivity contribution is 0.669. The summed E-state index contributed by atoms with van der Waals surface area (Å²) in [5.74, 6) is 0. The van der Waals surface area contributed by atoms with Crippen LogP contribution in [0, 0.1) is 0 Å². The summed E-state index contributed by atoms with van der Waals surface area (Å²) >= 11 is 0. The van der Waals surface area contributed by atoms with Crippen molar-refractivity contribution >= 4 is 149 Å². The second-order valence-corrected chi connectivity index (χ2v) is 31.8. The lowest BCUT2D eigenvalue weighted by Gasteiger charge is -2.27. The van der Waals surface area contributed by atoms with E-state index in [1.165, 1.54) is 0 Å². The minimum absolute atomic E-state index is 0.0141. The second-order valence-electron chi connectivity index (χ2n) is 31.8. The zero-order valence-electron chi connectivity index (χ0n) is 92.4. The number of furan rings is 3. The van der Waals surface area contributed by atoms with Gasteiger partial charge in [0, 0.05) is 77.4 Å². The molecule has 622 valence electrons. The van der Waals surface area contributed by atoms with E-state index in [1.807, 2.05) is 346 Å². The third-order valence-corrected chi connectivity index (χ3v) is 23.9. The summed E-state index contributed by atoms with van der Waals surface area (Å²) in [5.41, 5.74) is 20.0. The Bertz CT molecular complexity index is 9710. The number of benzene rings is 22. The molecule has 25 rings (SSSR count). The molecule has 0 radical (unpaired) electrons. The number of para-hydroxylation sites is 5. The predicted octanol–water partition coefficient (Wildman–Crippen LogP) is 36.3. The van der Waals surface area contributed by atoms with Crippen LogP contribution in [-0.2, 0) is 0 Å². The Morgan fingerprint density at radius 3 is 1.08 bits per heavy atom. The summed E-state index contributed by atoms with van der Waals surface area (Å²) in [7, 11) is 0. The topological polar surface area (TPSA) is 49.1 Å². The van der Waals surface area contributed by atoms with Crippen LogP contribution in [0.5, 0.6) is 0 Å². The number of fused-ring (bicyclic) bond motifs is 12. The van der Waals surface area contributed by atoms with Gasteiger partial charge in [-0.05, 0) is 233 Å². The molecule has 0 unspecified atom stereocenters. The van der Waals surface area contributed by atoms with Crippen LogP contribution in [0.1, 0.15) is 30.2 Å². The van der Waals surface area contributed by atoms with Crippen LogP contribution in [0.4, 0.5) is 51.2 Å². The summed E-state index contributed by atoms with van der Waals surface area (Å²) in [4.78, 5) is 5.55. The van der Waals surface area contributed by atoms with Crippen LogP contribution in [0.2, 0.25) is 0 Å². The number of anilines is 9. The highest BCUT2D eigenvalue weighted by molar-refractivity contribution is 6.15. The minimum atomic E-state index is -0.489. The minimum Gasteiger partial charge on any atom is -0.455 e. The maximum atomic E-state index is 9.12. The number of nitrogens with zero attached hydrogens (tertiary/aromatic N) is 3. The molecule has 25 aromatic rings. The van der Waals surface area contributed by atoms with Crippen molar-refractivity contribution in [3.63, 3.8) is 0 Å². The highest BCUT2D eigenvalue weighted by atomic mass is 16.3. The van der Waals surface area contributed by atoms with Crippen molar-refractivity contribution < 1.29 is 43.4 Å². The van der Waals surface area contributed by atoms with E-state index in [2.05, 4.69) is 29.2 Å².